The van der Waals surface area contributed by atoms with Crippen molar-refractivity contribution in [2.45, 2.75) is 62.6 Å². The van der Waals surface area contributed by atoms with E-state index in [1.807, 2.05) is 18.2 Å². The molecule has 10 heteroatoms. The third kappa shape index (κ3) is 3.96. The maximum absolute atomic E-state index is 10.4. The van der Waals surface area contributed by atoms with Gasteiger partial charge in [0.2, 0.25) is 0 Å². The van der Waals surface area contributed by atoms with Crippen LogP contribution in [-0.4, -0.2) is 71.9 Å². The summed E-state index contributed by atoms with van der Waals surface area (Å²) in [5.41, 5.74) is 2.15. The largest absolute Gasteiger partial charge is 0.394 e. The topological polar surface area (TPSA) is 135 Å². The smallest absolute Gasteiger partial charge is 0.167 e. The van der Waals surface area contributed by atoms with Crippen molar-refractivity contribution in [2.75, 3.05) is 11.9 Å². The maximum Gasteiger partial charge on any atom is 0.167 e. The molecule has 32 heavy (non-hydrogen) atoms. The van der Waals surface area contributed by atoms with Crippen molar-refractivity contribution in [3.05, 3.63) is 48.5 Å². The minimum absolute atomic E-state index is 0.0581. The molecule has 0 radical (unpaired) electrons. The van der Waals surface area contributed by atoms with Crippen LogP contribution in [0.3, 0.4) is 0 Å². The van der Waals surface area contributed by atoms with Crippen LogP contribution >= 0.6 is 0 Å². The van der Waals surface area contributed by atoms with E-state index < -0.39 is 31.1 Å². The minimum Gasteiger partial charge on any atom is -0.394 e. The van der Waals surface area contributed by atoms with Crippen LogP contribution in [0.2, 0.25) is 0 Å². The number of aliphatic hydroxyl groups is 3. The maximum atomic E-state index is 10.4. The Morgan fingerprint density at radius 3 is 2.72 bits per heavy atom. The van der Waals surface area contributed by atoms with Gasteiger partial charge in [-0.05, 0) is 24.8 Å². The lowest BCUT2D eigenvalue weighted by molar-refractivity contribution is -0.0511. The molecule has 0 amide bonds. The van der Waals surface area contributed by atoms with Crippen LogP contribution < -0.4 is 5.32 Å². The van der Waals surface area contributed by atoms with E-state index in [0.29, 0.717) is 23.6 Å². The predicted molar refractivity (Wildman–Crippen MR) is 115 cm³/mol. The van der Waals surface area contributed by atoms with E-state index in [-0.39, 0.29) is 12.1 Å². The number of nitrogens with one attached hydrogen (secondary N) is 1. The number of ether oxygens (including phenoxy) is 2. The molecule has 2 aromatic heterocycles. The summed E-state index contributed by atoms with van der Waals surface area (Å²) < 4.78 is 13.4. The molecule has 2 aliphatic rings. The summed E-state index contributed by atoms with van der Waals surface area (Å²) in [6.07, 6.45) is 1.81. The Kier molecular flexibility index (Phi) is 6.03. The van der Waals surface area contributed by atoms with Crippen LogP contribution in [0.1, 0.15) is 31.1 Å². The number of hydrogen-bond donors (Lipinski definition) is 4. The summed E-state index contributed by atoms with van der Waals surface area (Å²) in [7, 11) is 0. The van der Waals surface area contributed by atoms with Gasteiger partial charge in [-0.1, -0.05) is 30.3 Å². The summed E-state index contributed by atoms with van der Waals surface area (Å²) in [5, 5.41) is 33.3. The molecule has 3 heterocycles. The van der Waals surface area contributed by atoms with Crippen LogP contribution in [0.4, 0.5) is 5.82 Å². The van der Waals surface area contributed by atoms with Gasteiger partial charge >= 0.3 is 0 Å². The predicted octanol–water partition coefficient (Wildman–Crippen LogP) is 0.988. The standard InChI is InChI=1S/C22H27N5O5/c28-9-16-18(29)19(30)22(32-16)27-12-25-17-20(23-11-24-21(17)27)26-14-7-4-8-15(14)31-10-13-5-2-1-3-6-13/h1-3,5-6,11-12,14-16,18-19,22,28-30H,4,7-10H2,(H,23,24,26)/t14?,15?,16-,18+,19+,22-/m1/s1. The van der Waals surface area contributed by atoms with Gasteiger partial charge in [0.1, 0.15) is 24.6 Å². The van der Waals surface area contributed by atoms with Crippen molar-refractivity contribution in [3.63, 3.8) is 0 Å². The van der Waals surface area contributed by atoms with Gasteiger partial charge in [-0.3, -0.25) is 4.57 Å². The monoisotopic (exact) mass is 441 g/mol. The van der Waals surface area contributed by atoms with E-state index in [2.05, 4.69) is 32.4 Å². The lowest BCUT2D eigenvalue weighted by Gasteiger charge is -2.22. The molecule has 3 aromatic rings. The highest BCUT2D eigenvalue weighted by molar-refractivity contribution is 5.82. The van der Waals surface area contributed by atoms with E-state index in [1.165, 1.54) is 12.7 Å². The van der Waals surface area contributed by atoms with Crippen molar-refractivity contribution in [1.82, 2.24) is 19.5 Å². The Labute approximate surface area is 184 Å². The molecular formula is C22H27N5O5. The van der Waals surface area contributed by atoms with Crippen molar-refractivity contribution in [1.29, 1.82) is 0 Å². The fourth-order valence-corrected chi connectivity index (χ4v) is 4.50. The first-order valence-corrected chi connectivity index (χ1v) is 10.9. The number of aliphatic hydroxyl groups excluding tert-OH is 3. The lowest BCUT2D eigenvalue weighted by atomic mass is 10.1. The summed E-state index contributed by atoms with van der Waals surface area (Å²) in [4.78, 5) is 13.1. The van der Waals surface area contributed by atoms with E-state index in [9.17, 15) is 15.3 Å². The molecule has 10 nitrogen and oxygen atoms in total. The van der Waals surface area contributed by atoms with Crippen LogP contribution in [0, 0.1) is 0 Å². The number of hydrogen-bond acceptors (Lipinski definition) is 9. The van der Waals surface area contributed by atoms with Crippen molar-refractivity contribution < 1.29 is 24.8 Å². The fourth-order valence-electron chi connectivity index (χ4n) is 4.50. The minimum atomic E-state index is -1.21. The zero-order valence-corrected chi connectivity index (χ0v) is 17.5. The molecule has 5 rings (SSSR count). The van der Waals surface area contributed by atoms with Crippen LogP contribution in [0.25, 0.3) is 11.2 Å². The van der Waals surface area contributed by atoms with E-state index >= 15 is 0 Å². The number of fused-ring (bicyclic) bond motifs is 1. The Hall–Kier alpha value is -2.63. The Balaban J connectivity index is 1.33. The van der Waals surface area contributed by atoms with Crippen molar-refractivity contribution in [3.8, 4) is 0 Å². The van der Waals surface area contributed by atoms with Gasteiger partial charge in [0, 0.05) is 0 Å². The van der Waals surface area contributed by atoms with E-state index in [0.717, 1.165) is 24.8 Å². The molecule has 1 aliphatic heterocycles. The molecule has 2 fully saturated rings. The second kappa shape index (κ2) is 9.08. The fraction of sp³-hybridized carbons (Fsp3) is 0.500. The molecule has 1 aliphatic carbocycles. The SMILES string of the molecule is OC[C@H]1O[C@@H](n2cnc3c(NC4CCCC4OCc4ccccc4)ncnc32)[C@@H](O)[C@H]1O. The molecule has 1 aromatic carbocycles. The Morgan fingerprint density at radius 1 is 1.09 bits per heavy atom. The van der Waals surface area contributed by atoms with Gasteiger partial charge in [-0.2, -0.15) is 0 Å². The molecule has 1 saturated carbocycles. The molecule has 6 atom stereocenters. The Bertz CT molecular complexity index is 1050. The van der Waals surface area contributed by atoms with E-state index in [4.69, 9.17) is 9.47 Å². The molecule has 0 spiro atoms. The van der Waals surface area contributed by atoms with Gasteiger partial charge < -0.3 is 30.1 Å². The zero-order chi connectivity index (χ0) is 22.1. The number of anilines is 1. The van der Waals surface area contributed by atoms with Crippen molar-refractivity contribution in [2.24, 2.45) is 0 Å². The third-order valence-corrected chi connectivity index (χ3v) is 6.23. The first-order valence-electron chi connectivity index (χ1n) is 10.9. The summed E-state index contributed by atoms with van der Waals surface area (Å²) in [6.45, 7) is 0.165. The number of rotatable bonds is 7. The van der Waals surface area contributed by atoms with Gasteiger partial charge in [0.25, 0.3) is 0 Å². The molecular weight excluding hydrogens is 414 g/mol. The molecule has 4 N–H and O–H groups in total. The highest BCUT2D eigenvalue weighted by Gasteiger charge is 2.44. The van der Waals surface area contributed by atoms with Gasteiger partial charge in [0.15, 0.2) is 23.2 Å². The quantitative estimate of drug-likeness (QED) is 0.423. The second-order valence-corrected chi connectivity index (χ2v) is 8.29. The highest BCUT2D eigenvalue weighted by atomic mass is 16.6. The zero-order valence-electron chi connectivity index (χ0n) is 17.5. The third-order valence-electron chi connectivity index (χ3n) is 6.23. The average Bonchev–Trinajstić information content (AvgIpc) is 3.52. The number of benzene rings is 1. The van der Waals surface area contributed by atoms with Crippen LogP contribution in [0.15, 0.2) is 43.0 Å². The van der Waals surface area contributed by atoms with Crippen LogP contribution in [0.5, 0.6) is 0 Å². The van der Waals surface area contributed by atoms with Gasteiger partial charge in [-0.15, -0.1) is 0 Å². The molecule has 0 bridgehead atoms. The van der Waals surface area contributed by atoms with Crippen molar-refractivity contribution >= 4 is 17.0 Å². The average molecular weight is 441 g/mol. The Morgan fingerprint density at radius 2 is 1.94 bits per heavy atom. The molecule has 1 saturated heterocycles. The first kappa shape index (κ1) is 21.2. The van der Waals surface area contributed by atoms with Gasteiger partial charge in [-0.25, -0.2) is 15.0 Å². The first-order chi connectivity index (χ1) is 15.7. The summed E-state index contributed by atoms with van der Waals surface area (Å²) in [5.74, 6) is 0.584. The highest BCUT2D eigenvalue weighted by Crippen LogP contribution is 2.33. The second-order valence-electron chi connectivity index (χ2n) is 8.29. The summed E-state index contributed by atoms with van der Waals surface area (Å²) in [6, 6.07) is 10.2. The normalized spacial score (nSPS) is 30.2. The number of imidazole rings is 1. The molecule has 2 unspecified atom stereocenters. The van der Waals surface area contributed by atoms with E-state index in [1.54, 1.807) is 4.57 Å². The number of aromatic nitrogens is 4. The van der Waals surface area contributed by atoms with Gasteiger partial charge in [0.05, 0.1) is 31.7 Å². The lowest BCUT2D eigenvalue weighted by Crippen LogP contribution is -2.33. The molecule has 170 valence electrons. The summed E-state index contributed by atoms with van der Waals surface area (Å²) >= 11 is 0. The van der Waals surface area contributed by atoms with Crippen LogP contribution in [-0.2, 0) is 16.1 Å². The number of nitrogens with zero attached hydrogens (tertiary/aromatic N) is 4.